The number of aliphatic hydroxyl groups is 2. The van der Waals surface area contributed by atoms with Gasteiger partial charge in [-0.2, -0.15) is 0 Å². The van der Waals surface area contributed by atoms with Gasteiger partial charge in [0.1, 0.15) is 17.6 Å². The van der Waals surface area contributed by atoms with Gasteiger partial charge in [0.15, 0.2) is 5.12 Å². The molecule has 0 aliphatic carbocycles. The normalized spacial score (nSPS) is 13.3. The van der Waals surface area contributed by atoms with E-state index in [9.17, 15) is 15.0 Å². The number of thioether (sulfide) groups is 1. The van der Waals surface area contributed by atoms with Gasteiger partial charge in [-0.15, -0.1) is 0 Å². The van der Waals surface area contributed by atoms with Gasteiger partial charge in [0.05, 0.1) is 6.10 Å². The van der Waals surface area contributed by atoms with Crippen LogP contribution in [0.4, 0.5) is 0 Å². The number of benzene rings is 2. The van der Waals surface area contributed by atoms with Crippen molar-refractivity contribution in [3.8, 4) is 11.5 Å². The predicted octanol–water partition coefficient (Wildman–Crippen LogP) is 3.54. The zero-order valence-electron chi connectivity index (χ0n) is 12.9. The Morgan fingerprint density at radius 2 is 1.65 bits per heavy atom. The number of para-hydroxylation sites is 1. The fourth-order valence-corrected chi connectivity index (χ4v) is 2.71. The second kappa shape index (κ2) is 8.72. The molecule has 4 nitrogen and oxygen atoms in total. The topological polar surface area (TPSA) is 66.8 Å². The van der Waals surface area contributed by atoms with E-state index in [2.05, 4.69) is 0 Å². The minimum Gasteiger partial charge on any atom is -0.457 e. The van der Waals surface area contributed by atoms with Crippen LogP contribution in [-0.4, -0.2) is 27.2 Å². The minimum absolute atomic E-state index is 0.00843. The molecule has 23 heavy (non-hydrogen) atoms. The fraction of sp³-hybridized carbons (Fsp3) is 0.278. The summed E-state index contributed by atoms with van der Waals surface area (Å²) in [5, 5.41) is 20.1. The van der Waals surface area contributed by atoms with Gasteiger partial charge in [-0.25, -0.2) is 0 Å². The first-order valence-corrected chi connectivity index (χ1v) is 8.37. The SMILES string of the molecule is CC(=O)SCCC(O)C(O)c1ccc(Oc2ccccc2)cc1. The highest BCUT2D eigenvalue weighted by molar-refractivity contribution is 8.13. The molecule has 0 aromatic heterocycles. The summed E-state index contributed by atoms with van der Waals surface area (Å²) in [4.78, 5) is 10.9. The van der Waals surface area contributed by atoms with Crippen LogP contribution in [0.3, 0.4) is 0 Å². The van der Waals surface area contributed by atoms with Gasteiger partial charge in [-0.3, -0.25) is 4.79 Å². The molecule has 2 N–H and O–H groups in total. The number of hydrogen-bond acceptors (Lipinski definition) is 5. The molecule has 0 aliphatic rings. The summed E-state index contributed by atoms with van der Waals surface area (Å²) in [5.74, 6) is 1.89. The van der Waals surface area contributed by atoms with Crippen molar-refractivity contribution in [3.63, 3.8) is 0 Å². The summed E-state index contributed by atoms with van der Waals surface area (Å²) in [6.07, 6.45) is -1.52. The highest BCUT2D eigenvalue weighted by Gasteiger charge is 2.18. The lowest BCUT2D eigenvalue weighted by Crippen LogP contribution is -2.19. The fourth-order valence-electron chi connectivity index (χ4n) is 2.06. The largest absolute Gasteiger partial charge is 0.457 e. The van der Waals surface area contributed by atoms with Crippen molar-refractivity contribution >= 4 is 16.9 Å². The van der Waals surface area contributed by atoms with Gasteiger partial charge in [0, 0.05) is 12.7 Å². The molecule has 0 bridgehead atoms. The van der Waals surface area contributed by atoms with E-state index >= 15 is 0 Å². The smallest absolute Gasteiger partial charge is 0.185 e. The average Bonchev–Trinajstić information content (AvgIpc) is 2.55. The summed E-state index contributed by atoms with van der Waals surface area (Å²) < 4.78 is 5.68. The summed E-state index contributed by atoms with van der Waals surface area (Å²) in [6, 6.07) is 16.4. The Bertz CT molecular complexity index is 613. The molecule has 2 aromatic rings. The van der Waals surface area contributed by atoms with Crippen LogP contribution in [-0.2, 0) is 4.79 Å². The molecule has 2 rings (SSSR count). The Hall–Kier alpha value is -1.82. The Morgan fingerprint density at radius 3 is 2.26 bits per heavy atom. The molecule has 0 spiro atoms. The number of carbonyl (C=O) groups is 1. The number of ether oxygens (including phenoxy) is 1. The lowest BCUT2D eigenvalue weighted by molar-refractivity contribution is -0.109. The van der Waals surface area contributed by atoms with Crippen molar-refractivity contribution in [1.82, 2.24) is 0 Å². The summed E-state index contributed by atoms with van der Waals surface area (Å²) in [7, 11) is 0. The third-order valence-corrected chi connectivity index (χ3v) is 4.13. The maximum Gasteiger partial charge on any atom is 0.185 e. The van der Waals surface area contributed by atoms with Crippen LogP contribution in [0, 0.1) is 0 Å². The van der Waals surface area contributed by atoms with Crippen molar-refractivity contribution in [2.24, 2.45) is 0 Å². The predicted molar refractivity (Wildman–Crippen MR) is 91.7 cm³/mol. The molecule has 2 unspecified atom stereocenters. The van der Waals surface area contributed by atoms with Crippen molar-refractivity contribution in [2.45, 2.75) is 25.6 Å². The molecule has 0 heterocycles. The zero-order chi connectivity index (χ0) is 16.7. The first-order valence-electron chi connectivity index (χ1n) is 7.38. The molecule has 2 aromatic carbocycles. The van der Waals surface area contributed by atoms with Crippen LogP contribution in [0.5, 0.6) is 11.5 Å². The summed E-state index contributed by atoms with van der Waals surface area (Å²) in [5.41, 5.74) is 0.616. The Kier molecular flexibility index (Phi) is 6.65. The van der Waals surface area contributed by atoms with Crippen LogP contribution >= 0.6 is 11.8 Å². The molecule has 5 heteroatoms. The molecule has 0 fully saturated rings. The molecule has 122 valence electrons. The molecular weight excluding hydrogens is 312 g/mol. The maximum absolute atomic E-state index is 10.9. The first kappa shape index (κ1) is 17.5. The number of carbonyl (C=O) groups excluding carboxylic acids is 1. The van der Waals surface area contributed by atoms with E-state index in [-0.39, 0.29) is 5.12 Å². The third-order valence-electron chi connectivity index (χ3n) is 3.28. The monoisotopic (exact) mass is 332 g/mol. The second-order valence-corrected chi connectivity index (χ2v) is 6.40. The Balaban J connectivity index is 1.91. The van der Waals surface area contributed by atoms with Crippen LogP contribution in [0.15, 0.2) is 54.6 Å². The number of aliphatic hydroxyl groups excluding tert-OH is 2. The van der Waals surface area contributed by atoms with Crippen molar-refractivity contribution in [2.75, 3.05) is 5.75 Å². The molecule has 0 aliphatic heterocycles. The summed E-state index contributed by atoms with van der Waals surface area (Å²) in [6.45, 7) is 1.49. The van der Waals surface area contributed by atoms with E-state index in [4.69, 9.17) is 4.74 Å². The molecule has 0 saturated carbocycles. The first-order chi connectivity index (χ1) is 11.1. The van der Waals surface area contributed by atoms with E-state index < -0.39 is 12.2 Å². The van der Waals surface area contributed by atoms with Gasteiger partial charge >= 0.3 is 0 Å². The number of rotatable bonds is 7. The van der Waals surface area contributed by atoms with E-state index in [1.54, 1.807) is 24.3 Å². The van der Waals surface area contributed by atoms with E-state index in [0.717, 1.165) is 17.5 Å². The lowest BCUT2D eigenvalue weighted by atomic mass is 10.0. The summed E-state index contributed by atoms with van der Waals surface area (Å²) >= 11 is 1.15. The van der Waals surface area contributed by atoms with E-state index in [1.165, 1.54) is 6.92 Å². The van der Waals surface area contributed by atoms with Gasteiger partial charge in [0.2, 0.25) is 0 Å². The average molecular weight is 332 g/mol. The van der Waals surface area contributed by atoms with E-state index in [0.29, 0.717) is 23.5 Å². The van der Waals surface area contributed by atoms with Crippen molar-refractivity contribution in [1.29, 1.82) is 0 Å². The lowest BCUT2D eigenvalue weighted by Gasteiger charge is -2.18. The van der Waals surface area contributed by atoms with Crippen LogP contribution in [0.2, 0.25) is 0 Å². The van der Waals surface area contributed by atoms with Gasteiger partial charge < -0.3 is 14.9 Å². The van der Waals surface area contributed by atoms with Gasteiger partial charge in [-0.1, -0.05) is 42.1 Å². The highest BCUT2D eigenvalue weighted by Crippen LogP contribution is 2.25. The van der Waals surface area contributed by atoms with Crippen LogP contribution in [0.25, 0.3) is 0 Å². The van der Waals surface area contributed by atoms with E-state index in [1.807, 2.05) is 30.3 Å². The Labute approximate surface area is 140 Å². The highest BCUT2D eigenvalue weighted by atomic mass is 32.2. The molecular formula is C18H20O4S. The third kappa shape index (κ3) is 5.71. The minimum atomic E-state index is -0.978. The second-order valence-electron chi connectivity index (χ2n) is 5.13. The van der Waals surface area contributed by atoms with Crippen LogP contribution in [0.1, 0.15) is 25.0 Å². The zero-order valence-corrected chi connectivity index (χ0v) is 13.7. The maximum atomic E-state index is 10.9. The number of hydrogen-bond donors (Lipinski definition) is 2. The van der Waals surface area contributed by atoms with Crippen molar-refractivity contribution in [3.05, 3.63) is 60.2 Å². The van der Waals surface area contributed by atoms with Gasteiger partial charge in [0.25, 0.3) is 0 Å². The molecule has 0 saturated heterocycles. The molecule has 2 atom stereocenters. The standard InChI is InChI=1S/C18H20O4S/c1-13(19)23-12-11-17(20)18(21)14-7-9-16(10-8-14)22-15-5-3-2-4-6-15/h2-10,17-18,20-21H,11-12H2,1H3. The Morgan fingerprint density at radius 1 is 1.04 bits per heavy atom. The van der Waals surface area contributed by atoms with Gasteiger partial charge in [-0.05, 0) is 36.2 Å². The van der Waals surface area contributed by atoms with Crippen LogP contribution < -0.4 is 4.74 Å². The van der Waals surface area contributed by atoms with Crippen molar-refractivity contribution < 1.29 is 19.7 Å². The quantitative estimate of drug-likeness (QED) is 0.812. The molecule has 0 amide bonds. The molecule has 0 radical (unpaired) electrons.